The number of nitrogens with zero attached hydrogens (tertiary/aromatic N) is 2. The molecule has 1 aliphatic rings. The van der Waals surface area contributed by atoms with Crippen LogP contribution in [0.3, 0.4) is 0 Å². The van der Waals surface area contributed by atoms with Crippen molar-refractivity contribution in [3.8, 4) is 17.2 Å². The molecule has 1 aromatic heterocycles. The molecule has 0 bridgehead atoms. The molecule has 4 rings (SSSR count). The molecule has 156 valence electrons. The number of fused-ring (bicyclic) bond motifs is 1. The zero-order valence-electron chi connectivity index (χ0n) is 17.2. The summed E-state index contributed by atoms with van der Waals surface area (Å²) < 4.78 is 26.3. The van der Waals surface area contributed by atoms with E-state index in [0.717, 1.165) is 11.1 Å². The minimum atomic E-state index is -0.325. The lowest BCUT2D eigenvalue weighted by molar-refractivity contribution is -0.116. The number of anilines is 1. The van der Waals surface area contributed by atoms with Crippen molar-refractivity contribution in [2.24, 2.45) is 5.92 Å². The SMILES string of the molecule is COc1cc(C2CC(=O)Nc3c2cnn3-c2ccc(F)cc2)ccc1OCC(C)C. The van der Waals surface area contributed by atoms with E-state index >= 15 is 0 Å². The van der Waals surface area contributed by atoms with Gasteiger partial charge in [0.2, 0.25) is 5.91 Å². The van der Waals surface area contributed by atoms with Crippen LogP contribution in [0.1, 0.15) is 37.3 Å². The van der Waals surface area contributed by atoms with E-state index in [2.05, 4.69) is 24.3 Å². The Morgan fingerprint density at radius 1 is 1.20 bits per heavy atom. The fraction of sp³-hybridized carbons (Fsp3) is 0.304. The number of hydrogen-bond acceptors (Lipinski definition) is 4. The highest BCUT2D eigenvalue weighted by Gasteiger charge is 2.31. The Morgan fingerprint density at radius 2 is 1.97 bits per heavy atom. The van der Waals surface area contributed by atoms with E-state index < -0.39 is 0 Å². The predicted octanol–water partition coefficient (Wildman–Crippen LogP) is 4.53. The first-order valence-electron chi connectivity index (χ1n) is 9.90. The second-order valence-electron chi connectivity index (χ2n) is 7.76. The maximum Gasteiger partial charge on any atom is 0.226 e. The number of amides is 1. The molecule has 1 atom stereocenters. The Kier molecular flexibility index (Phi) is 5.44. The van der Waals surface area contributed by atoms with Crippen molar-refractivity contribution in [1.29, 1.82) is 0 Å². The summed E-state index contributed by atoms with van der Waals surface area (Å²) in [6.45, 7) is 4.76. The van der Waals surface area contributed by atoms with E-state index in [-0.39, 0.29) is 17.6 Å². The van der Waals surface area contributed by atoms with Gasteiger partial charge >= 0.3 is 0 Å². The fourth-order valence-corrected chi connectivity index (χ4v) is 3.57. The number of carbonyl (C=O) groups excluding carboxylic acids is 1. The molecule has 1 aliphatic heterocycles. The van der Waals surface area contributed by atoms with Gasteiger partial charge in [-0.3, -0.25) is 4.79 Å². The number of rotatable bonds is 6. The van der Waals surface area contributed by atoms with E-state index in [0.29, 0.717) is 41.9 Å². The van der Waals surface area contributed by atoms with Gasteiger partial charge in [-0.2, -0.15) is 5.10 Å². The van der Waals surface area contributed by atoms with Gasteiger partial charge < -0.3 is 14.8 Å². The summed E-state index contributed by atoms with van der Waals surface area (Å²) in [5.41, 5.74) is 2.52. The van der Waals surface area contributed by atoms with Gasteiger partial charge in [0.15, 0.2) is 11.5 Å². The standard InChI is InChI=1S/C23H24FN3O3/c1-14(2)13-30-20-9-4-15(10-21(20)29-3)18-11-22(28)26-23-19(18)12-25-27(23)17-7-5-16(24)6-8-17/h4-10,12,14,18H,11,13H2,1-3H3,(H,26,28). The molecule has 6 nitrogen and oxygen atoms in total. The number of aromatic nitrogens is 2. The minimum absolute atomic E-state index is 0.101. The molecule has 0 saturated carbocycles. The van der Waals surface area contributed by atoms with Crippen LogP contribution in [0, 0.1) is 11.7 Å². The van der Waals surface area contributed by atoms with Crippen LogP contribution in [-0.2, 0) is 4.79 Å². The van der Waals surface area contributed by atoms with E-state index in [9.17, 15) is 9.18 Å². The predicted molar refractivity (Wildman–Crippen MR) is 112 cm³/mol. The highest BCUT2D eigenvalue weighted by atomic mass is 19.1. The highest BCUT2D eigenvalue weighted by molar-refractivity contribution is 5.94. The van der Waals surface area contributed by atoms with Crippen molar-refractivity contribution in [2.45, 2.75) is 26.2 Å². The maximum atomic E-state index is 13.3. The second kappa shape index (κ2) is 8.18. The van der Waals surface area contributed by atoms with Gasteiger partial charge in [0, 0.05) is 17.9 Å². The summed E-state index contributed by atoms with van der Waals surface area (Å²) in [5, 5.41) is 7.35. The number of nitrogens with one attached hydrogen (secondary N) is 1. The first-order chi connectivity index (χ1) is 14.5. The molecule has 2 heterocycles. The monoisotopic (exact) mass is 409 g/mol. The number of hydrogen-bond donors (Lipinski definition) is 1. The van der Waals surface area contributed by atoms with Gasteiger partial charge in [-0.1, -0.05) is 19.9 Å². The van der Waals surface area contributed by atoms with Crippen LogP contribution in [0.2, 0.25) is 0 Å². The van der Waals surface area contributed by atoms with E-state index in [1.165, 1.54) is 12.1 Å². The average Bonchev–Trinajstić information content (AvgIpc) is 3.15. The maximum absolute atomic E-state index is 13.3. The Bertz CT molecular complexity index is 1060. The first-order valence-corrected chi connectivity index (χ1v) is 9.90. The second-order valence-corrected chi connectivity index (χ2v) is 7.76. The van der Waals surface area contributed by atoms with Crippen molar-refractivity contribution < 1.29 is 18.7 Å². The summed E-state index contributed by atoms with van der Waals surface area (Å²) in [4.78, 5) is 12.5. The summed E-state index contributed by atoms with van der Waals surface area (Å²) in [7, 11) is 1.60. The Labute approximate surface area is 174 Å². The van der Waals surface area contributed by atoms with Crippen LogP contribution in [0.15, 0.2) is 48.7 Å². The van der Waals surface area contributed by atoms with Crippen LogP contribution in [0.25, 0.3) is 5.69 Å². The number of halogens is 1. The lowest BCUT2D eigenvalue weighted by Gasteiger charge is -2.24. The smallest absolute Gasteiger partial charge is 0.226 e. The third kappa shape index (κ3) is 3.87. The molecule has 1 N–H and O–H groups in total. The van der Waals surface area contributed by atoms with Crippen molar-refractivity contribution >= 4 is 11.7 Å². The topological polar surface area (TPSA) is 65.4 Å². The molecular formula is C23H24FN3O3. The average molecular weight is 409 g/mol. The van der Waals surface area contributed by atoms with Gasteiger partial charge in [-0.15, -0.1) is 0 Å². The molecule has 7 heteroatoms. The van der Waals surface area contributed by atoms with Crippen LogP contribution in [0.5, 0.6) is 11.5 Å². The Morgan fingerprint density at radius 3 is 2.67 bits per heavy atom. The van der Waals surface area contributed by atoms with Gasteiger partial charge in [-0.25, -0.2) is 9.07 Å². The molecule has 0 aliphatic carbocycles. The van der Waals surface area contributed by atoms with E-state index in [1.807, 2.05) is 18.2 Å². The summed E-state index contributed by atoms with van der Waals surface area (Å²) >= 11 is 0. The van der Waals surface area contributed by atoms with Crippen LogP contribution >= 0.6 is 0 Å². The molecule has 0 radical (unpaired) electrons. The van der Waals surface area contributed by atoms with Crippen molar-refractivity contribution in [1.82, 2.24) is 9.78 Å². The van der Waals surface area contributed by atoms with Crippen molar-refractivity contribution in [3.05, 3.63) is 65.6 Å². The summed E-state index contributed by atoms with van der Waals surface area (Å²) in [6.07, 6.45) is 2.05. The molecule has 0 spiro atoms. The molecule has 3 aromatic rings. The largest absolute Gasteiger partial charge is 0.493 e. The minimum Gasteiger partial charge on any atom is -0.493 e. The number of methoxy groups -OCH3 is 1. The van der Waals surface area contributed by atoms with Gasteiger partial charge in [0.05, 0.1) is 25.6 Å². The first kappa shape index (κ1) is 19.9. The Hall–Kier alpha value is -3.35. The zero-order chi connectivity index (χ0) is 21.3. The molecule has 0 fully saturated rings. The third-order valence-electron chi connectivity index (χ3n) is 5.05. The summed E-state index contributed by atoms with van der Waals surface area (Å²) in [6, 6.07) is 11.7. The number of ether oxygens (including phenoxy) is 2. The normalized spacial score (nSPS) is 15.6. The van der Waals surface area contributed by atoms with Crippen molar-refractivity contribution in [2.75, 3.05) is 19.0 Å². The Balaban J connectivity index is 1.70. The molecule has 30 heavy (non-hydrogen) atoms. The molecule has 1 amide bonds. The third-order valence-corrected chi connectivity index (χ3v) is 5.05. The fourth-order valence-electron chi connectivity index (χ4n) is 3.57. The lowest BCUT2D eigenvalue weighted by Crippen LogP contribution is -2.24. The molecule has 1 unspecified atom stereocenters. The molecule has 2 aromatic carbocycles. The van der Waals surface area contributed by atoms with Crippen LogP contribution < -0.4 is 14.8 Å². The molecular weight excluding hydrogens is 385 g/mol. The lowest BCUT2D eigenvalue weighted by atomic mass is 9.87. The van der Waals surface area contributed by atoms with E-state index in [4.69, 9.17) is 9.47 Å². The summed E-state index contributed by atoms with van der Waals surface area (Å²) in [5.74, 6) is 1.71. The zero-order valence-corrected chi connectivity index (χ0v) is 17.2. The highest BCUT2D eigenvalue weighted by Crippen LogP contribution is 2.40. The van der Waals surface area contributed by atoms with Crippen molar-refractivity contribution in [3.63, 3.8) is 0 Å². The van der Waals surface area contributed by atoms with Crippen LogP contribution in [-0.4, -0.2) is 29.4 Å². The number of benzene rings is 2. The molecule has 0 saturated heterocycles. The van der Waals surface area contributed by atoms with Gasteiger partial charge in [-0.05, 0) is 47.9 Å². The quantitative estimate of drug-likeness (QED) is 0.650. The number of carbonyl (C=O) groups is 1. The van der Waals surface area contributed by atoms with Crippen LogP contribution in [0.4, 0.5) is 10.2 Å². The van der Waals surface area contributed by atoms with E-state index in [1.54, 1.807) is 30.1 Å². The van der Waals surface area contributed by atoms with Gasteiger partial charge in [0.25, 0.3) is 0 Å². The van der Waals surface area contributed by atoms with Gasteiger partial charge in [0.1, 0.15) is 11.6 Å².